The second-order valence-corrected chi connectivity index (χ2v) is 10.8. The Bertz CT molecular complexity index is 965. The van der Waals surface area contributed by atoms with Crippen LogP contribution in [0.5, 0.6) is 5.75 Å². The summed E-state index contributed by atoms with van der Waals surface area (Å²) in [5.41, 5.74) is 3.39. The van der Waals surface area contributed by atoms with Crippen molar-refractivity contribution in [2.75, 3.05) is 44.2 Å². The van der Waals surface area contributed by atoms with Crippen molar-refractivity contribution >= 4 is 11.6 Å². The lowest BCUT2D eigenvalue weighted by Gasteiger charge is -2.41. The van der Waals surface area contributed by atoms with Crippen LogP contribution in [0, 0.1) is 5.92 Å². The number of fused-ring (bicyclic) bond motifs is 1. The molecule has 0 bridgehead atoms. The van der Waals surface area contributed by atoms with Crippen molar-refractivity contribution in [1.82, 2.24) is 9.80 Å². The summed E-state index contributed by atoms with van der Waals surface area (Å²) in [7, 11) is 0. The van der Waals surface area contributed by atoms with Crippen LogP contribution < -0.4 is 9.64 Å². The van der Waals surface area contributed by atoms with Crippen molar-refractivity contribution in [3.63, 3.8) is 0 Å². The van der Waals surface area contributed by atoms with Gasteiger partial charge in [0, 0.05) is 57.2 Å². The Hall–Kier alpha value is -2.37. The molecule has 1 aliphatic carbocycles. The van der Waals surface area contributed by atoms with Crippen LogP contribution in [0.3, 0.4) is 0 Å². The highest BCUT2D eigenvalue weighted by atomic mass is 16.5. The van der Waals surface area contributed by atoms with Crippen molar-refractivity contribution in [3.05, 3.63) is 59.7 Å². The number of carbonyl (C=O) groups is 1. The molecule has 1 unspecified atom stereocenters. The van der Waals surface area contributed by atoms with Crippen LogP contribution in [0.4, 0.5) is 5.69 Å². The van der Waals surface area contributed by atoms with E-state index >= 15 is 0 Å². The lowest BCUT2D eigenvalue weighted by Crippen LogP contribution is -2.51. The zero-order valence-electron chi connectivity index (χ0n) is 21.3. The number of piperazine rings is 1. The van der Waals surface area contributed by atoms with Gasteiger partial charge in [-0.1, -0.05) is 62.6 Å². The predicted molar refractivity (Wildman–Crippen MR) is 142 cm³/mol. The Morgan fingerprint density at radius 1 is 0.943 bits per heavy atom. The largest absolute Gasteiger partial charge is 0.493 e. The zero-order chi connectivity index (χ0) is 24.0. The molecule has 1 amide bonds. The molecule has 188 valence electrons. The average Bonchev–Trinajstić information content (AvgIpc) is 2.91. The average molecular weight is 476 g/mol. The van der Waals surface area contributed by atoms with E-state index in [9.17, 15) is 4.79 Å². The van der Waals surface area contributed by atoms with Gasteiger partial charge < -0.3 is 14.5 Å². The highest BCUT2D eigenvalue weighted by Crippen LogP contribution is 2.33. The first-order chi connectivity index (χ1) is 17.2. The number of hydrogen-bond acceptors (Lipinski definition) is 4. The maximum atomic E-state index is 12.8. The quantitative estimate of drug-likeness (QED) is 0.530. The van der Waals surface area contributed by atoms with Gasteiger partial charge in [0.15, 0.2) is 0 Å². The summed E-state index contributed by atoms with van der Waals surface area (Å²) in [6.07, 6.45) is 8.45. The number of amides is 1. The van der Waals surface area contributed by atoms with Crippen LogP contribution >= 0.6 is 0 Å². The maximum Gasteiger partial charge on any atom is 0.227 e. The second kappa shape index (κ2) is 11.6. The topological polar surface area (TPSA) is 36.0 Å². The van der Waals surface area contributed by atoms with Gasteiger partial charge in [-0.05, 0) is 36.5 Å². The van der Waals surface area contributed by atoms with Crippen LogP contribution in [0.25, 0.3) is 0 Å². The second-order valence-electron chi connectivity index (χ2n) is 10.8. The fourth-order valence-corrected chi connectivity index (χ4v) is 6.04. The first-order valence-electron chi connectivity index (χ1n) is 13.7. The number of anilines is 1. The molecule has 0 spiro atoms. The van der Waals surface area contributed by atoms with Crippen molar-refractivity contribution in [1.29, 1.82) is 0 Å². The molecule has 2 aromatic carbocycles. The summed E-state index contributed by atoms with van der Waals surface area (Å²) in [6, 6.07) is 17.4. The van der Waals surface area contributed by atoms with E-state index in [1.54, 1.807) is 0 Å². The minimum atomic E-state index is 0.194. The number of carbonyl (C=O) groups excluding carboxylic acids is 1. The van der Waals surface area contributed by atoms with E-state index in [4.69, 9.17) is 4.74 Å². The SMILES string of the molecule is CC(COc1ccc2c(c1)N(Cc1ccccc1)C(=O)CC2)CN1CCN(C2CCCCC2)CC1. The van der Waals surface area contributed by atoms with E-state index in [0.717, 1.165) is 36.0 Å². The molecule has 2 aliphatic heterocycles. The number of hydrogen-bond donors (Lipinski definition) is 0. The third-order valence-corrected chi connectivity index (χ3v) is 8.04. The molecule has 5 nitrogen and oxygen atoms in total. The molecule has 35 heavy (non-hydrogen) atoms. The van der Waals surface area contributed by atoms with Crippen molar-refractivity contribution in [2.45, 2.75) is 64.5 Å². The Kier molecular flexibility index (Phi) is 8.05. The summed E-state index contributed by atoms with van der Waals surface area (Å²) < 4.78 is 6.25. The first-order valence-corrected chi connectivity index (χ1v) is 13.7. The minimum Gasteiger partial charge on any atom is -0.493 e. The van der Waals surface area contributed by atoms with Crippen LogP contribution in [-0.2, 0) is 17.8 Å². The fraction of sp³-hybridized carbons (Fsp3) is 0.567. The molecule has 1 atom stereocenters. The highest BCUT2D eigenvalue weighted by molar-refractivity contribution is 5.96. The molecular formula is C30H41N3O2. The van der Waals surface area contributed by atoms with Crippen LogP contribution in [0.1, 0.15) is 56.6 Å². The third-order valence-electron chi connectivity index (χ3n) is 8.04. The molecule has 1 saturated heterocycles. The number of benzene rings is 2. The molecular weight excluding hydrogens is 434 g/mol. The van der Waals surface area contributed by atoms with Gasteiger partial charge in [0.2, 0.25) is 5.91 Å². The summed E-state index contributed by atoms with van der Waals surface area (Å²) >= 11 is 0. The smallest absolute Gasteiger partial charge is 0.227 e. The summed E-state index contributed by atoms with van der Waals surface area (Å²) in [5.74, 6) is 1.53. The molecule has 2 fully saturated rings. The van der Waals surface area contributed by atoms with E-state index in [2.05, 4.69) is 47.1 Å². The Morgan fingerprint density at radius 3 is 2.49 bits per heavy atom. The van der Waals surface area contributed by atoms with E-state index in [0.29, 0.717) is 25.5 Å². The summed E-state index contributed by atoms with van der Waals surface area (Å²) in [5, 5.41) is 0. The lowest BCUT2D eigenvalue weighted by atomic mass is 9.94. The summed E-state index contributed by atoms with van der Waals surface area (Å²) in [6.45, 7) is 9.47. The summed E-state index contributed by atoms with van der Waals surface area (Å²) in [4.78, 5) is 20.0. The molecule has 0 radical (unpaired) electrons. The Labute approximate surface area is 211 Å². The van der Waals surface area contributed by atoms with Gasteiger partial charge in [0.1, 0.15) is 5.75 Å². The molecule has 5 heteroatoms. The third kappa shape index (κ3) is 6.25. The van der Waals surface area contributed by atoms with Gasteiger partial charge in [0.25, 0.3) is 0 Å². The van der Waals surface area contributed by atoms with Gasteiger partial charge in [-0.2, -0.15) is 0 Å². The van der Waals surface area contributed by atoms with Gasteiger partial charge >= 0.3 is 0 Å². The lowest BCUT2D eigenvalue weighted by molar-refractivity contribution is -0.119. The Balaban J connectivity index is 1.13. The van der Waals surface area contributed by atoms with Gasteiger partial charge in [-0.25, -0.2) is 0 Å². The fourth-order valence-electron chi connectivity index (χ4n) is 6.04. The normalized spacial score (nSPS) is 21.1. The predicted octanol–water partition coefficient (Wildman–Crippen LogP) is 5.13. The van der Waals surface area contributed by atoms with E-state index in [-0.39, 0.29) is 5.91 Å². The first kappa shape index (κ1) is 24.3. The van der Waals surface area contributed by atoms with E-state index in [1.807, 2.05) is 23.1 Å². The number of ether oxygens (including phenoxy) is 1. The van der Waals surface area contributed by atoms with Gasteiger partial charge in [-0.3, -0.25) is 9.69 Å². The molecule has 3 aliphatic rings. The maximum absolute atomic E-state index is 12.8. The van der Waals surface area contributed by atoms with Crippen molar-refractivity contribution in [2.24, 2.45) is 5.92 Å². The standard InChI is InChI=1S/C30H41N3O2/c1-24(21-31-16-18-32(19-17-31)27-10-6-3-7-11-27)23-35-28-14-12-26-13-15-30(34)33(29(26)20-28)22-25-8-4-2-5-9-25/h2,4-5,8-9,12,14,20,24,27H,3,6-7,10-11,13,15-19,21-23H2,1H3. The molecule has 2 heterocycles. The van der Waals surface area contributed by atoms with Gasteiger partial charge in [0.05, 0.1) is 18.8 Å². The Morgan fingerprint density at radius 2 is 1.71 bits per heavy atom. The van der Waals surface area contributed by atoms with Crippen LogP contribution in [0.2, 0.25) is 0 Å². The van der Waals surface area contributed by atoms with E-state index in [1.165, 1.54) is 63.8 Å². The number of rotatable bonds is 8. The van der Waals surface area contributed by atoms with Crippen LogP contribution in [0.15, 0.2) is 48.5 Å². The van der Waals surface area contributed by atoms with Gasteiger partial charge in [-0.15, -0.1) is 0 Å². The zero-order valence-corrected chi connectivity index (χ0v) is 21.3. The number of aryl methyl sites for hydroxylation is 1. The highest BCUT2D eigenvalue weighted by Gasteiger charge is 2.27. The number of nitrogens with zero attached hydrogens (tertiary/aromatic N) is 3. The molecule has 0 aromatic heterocycles. The van der Waals surface area contributed by atoms with E-state index < -0.39 is 0 Å². The van der Waals surface area contributed by atoms with Crippen molar-refractivity contribution < 1.29 is 9.53 Å². The monoisotopic (exact) mass is 475 g/mol. The molecule has 2 aromatic rings. The van der Waals surface area contributed by atoms with Crippen molar-refractivity contribution in [3.8, 4) is 5.75 Å². The van der Waals surface area contributed by atoms with Crippen LogP contribution in [-0.4, -0.2) is 61.1 Å². The molecule has 1 saturated carbocycles. The minimum absolute atomic E-state index is 0.194. The molecule has 5 rings (SSSR count). The molecule has 0 N–H and O–H groups in total.